The number of fused-ring (bicyclic) bond motifs is 1. The molecule has 0 fully saturated rings. The van der Waals surface area contributed by atoms with Crippen LogP contribution >= 0.6 is 11.6 Å². The lowest BCUT2D eigenvalue weighted by atomic mass is 10.2. The Morgan fingerprint density at radius 1 is 1.28 bits per heavy atom. The number of benzene rings is 1. The summed E-state index contributed by atoms with van der Waals surface area (Å²) in [5, 5.41) is 6.48. The van der Waals surface area contributed by atoms with Gasteiger partial charge in [-0.1, -0.05) is 18.2 Å². The average molecular weight is 264 g/mol. The first-order chi connectivity index (χ1) is 8.81. The Bertz CT molecular complexity index is 539. The number of anilines is 1. The van der Waals surface area contributed by atoms with Crippen molar-refractivity contribution in [1.82, 2.24) is 10.3 Å². The van der Waals surface area contributed by atoms with Crippen molar-refractivity contribution in [3.8, 4) is 0 Å². The topological polar surface area (TPSA) is 54.0 Å². The standard InChI is InChI=1S/C13H14ClN3O/c14-7-3-8-16-13(18)17-12-6-9-15-11-5-2-1-4-10(11)12/h1-2,4-6,9H,3,7-8H2,(H2,15,16,17,18). The predicted molar refractivity (Wildman–Crippen MR) is 74.1 cm³/mol. The maximum atomic E-state index is 11.6. The van der Waals surface area contributed by atoms with Crippen LogP contribution in [0.15, 0.2) is 36.5 Å². The molecule has 0 aliphatic rings. The summed E-state index contributed by atoms with van der Waals surface area (Å²) in [5.74, 6) is 0.540. The lowest BCUT2D eigenvalue weighted by Crippen LogP contribution is -2.29. The minimum Gasteiger partial charge on any atom is -0.338 e. The van der Waals surface area contributed by atoms with Crippen LogP contribution in [0.3, 0.4) is 0 Å². The number of hydrogen-bond acceptors (Lipinski definition) is 2. The van der Waals surface area contributed by atoms with Gasteiger partial charge in [-0.25, -0.2) is 4.79 Å². The Morgan fingerprint density at radius 2 is 2.11 bits per heavy atom. The van der Waals surface area contributed by atoms with Gasteiger partial charge in [-0.3, -0.25) is 4.98 Å². The van der Waals surface area contributed by atoms with Gasteiger partial charge in [-0.05, 0) is 18.6 Å². The third kappa shape index (κ3) is 3.11. The number of halogens is 1. The Labute approximate surface area is 110 Å². The normalized spacial score (nSPS) is 10.3. The van der Waals surface area contributed by atoms with Crippen LogP contribution in [-0.4, -0.2) is 23.4 Å². The van der Waals surface area contributed by atoms with Crippen molar-refractivity contribution < 1.29 is 4.79 Å². The molecule has 0 aliphatic heterocycles. The largest absolute Gasteiger partial charge is 0.338 e. The highest BCUT2D eigenvalue weighted by molar-refractivity contribution is 6.17. The number of aromatic nitrogens is 1. The van der Waals surface area contributed by atoms with Gasteiger partial charge < -0.3 is 10.6 Å². The maximum absolute atomic E-state index is 11.6. The molecule has 5 heteroatoms. The first-order valence-electron chi connectivity index (χ1n) is 5.76. The highest BCUT2D eigenvalue weighted by Gasteiger charge is 2.04. The highest BCUT2D eigenvalue weighted by Crippen LogP contribution is 2.20. The average Bonchev–Trinajstić information content (AvgIpc) is 2.39. The number of urea groups is 1. The SMILES string of the molecule is O=C(NCCCCl)Nc1ccnc2ccccc12. The van der Waals surface area contributed by atoms with Crippen molar-refractivity contribution >= 4 is 34.2 Å². The summed E-state index contributed by atoms with van der Waals surface area (Å²) in [6, 6.07) is 9.23. The van der Waals surface area contributed by atoms with Crippen LogP contribution in [-0.2, 0) is 0 Å². The van der Waals surface area contributed by atoms with E-state index in [0.717, 1.165) is 23.0 Å². The van der Waals surface area contributed by atoms with Crippen LogP contribution in [0.1, 0.15) is 6.42 Å². The zero-order valence-electron chi connectivity index (χ0n) is 9.82. The first-order valence-corrected chi connectivity index (χ1v) is 6.29. The molecule has 4 nitrogen and oxygen atoms in total. The van der Waals surface area contributed by atoms with Gasteiger partial charge in [-0.2, -0.15) is 0 Å². The lowest BCUT2D eigenvalue weighted by Gasteiger charge is -2.09. The van der Waals surface area contributed by atoms with Crippen LogP contribution < -0.4 is 10.6 Å². The van der Waals surface area contributed by atoms with Crippen LogP contribution in [0.25, 0.3) is 10.9 Å². The number of nitrogens with zero attached hydrogens (tertiary/aromatic N) is 1. The summed E-state index contributed by atoms with van der Waals surface area (Å²) in [5.41, 5.74) is 1.61. The fourth-order valence-corrected chi connectivity index (χ4v) is 1.77. The fraction of sp³-hybridized carbons (Fsp3) is 0.231. The van der Waals surface area contributed by atoms with Gasteiger partial charge in [0.2, 0.25) is 0 Å². The van der Waals surface area contributed by atoms with Crippen molar-refractivity contribution in [3.63, 3.8) is 0 Å². The van der Waals surface area contributed by atoms with Crippen LogP contribution in [0.4, 0.5) is 10.5 Å². The quantitative estimate of drug-likeness (QED) is 0.658. The Kier molecular flexibility index (Phi) is 4.36. The van der Waals surface area contributed by atoms with Crippen LogP contribution in [0.5, 0.6) is 0 Å². The second-order valence-electron chi connectivity index (χ2n) is 3.80. The third-order valence-electron chi connectivity index (χ3n) is 2.49. The molecular formula is C13H14ClN3O. The lowest BCUT2D eigenvalue weighted by molar-refractivity contribution is 0.252. The molecule has 0 saturated heterocycles. The molecule has 0 bridgehead atoms. The monoisotopic (exact) mass is 263 g/mol. The molecule has 0 radical (unpaired) electrons. The molecule has 94 valence electrons. The number of carbonyl (C=O) groups is 1. The molecule has 2 amide bonds. The van der Waals surface area contributed by atoms with E-state index in [1.807, 2.05) is 24.3 Å². The van der Waals surface area contributed by atoms with Gasteiger partial charge in [-0.15, -0.1) is 11.6 Å². The second-order valence-corrected chi connectivity index (χ2v) is 4.18. The number of rotatable bonds is 4. The van der Waals surface area contributed by atoms with Gasteiger partial charge >= 0.3 is 6.03 Å². The van der Waals surface area contributed by atoms with Crippen molar-refractivity contribution in [3.05, 3.63) is 36.5 Å². The van der Waals surface area contributed by atoms with Gasteiger partial charge in [0.15, 0.2) is 0 Å². The summed E-state index contributed by atoms with van der Waals surface area (Å²) in [7, 11) is 0. The number of nitrogens with one attached hydrogen (secondary N) is 2. The smallest absolute Gasteiger partial charge is 0.319 e. The third-order valence-corrected chi connectivity index (χ3v) is 2.76. The van der Waals surface area contributed by atoms with E-state index >= 15 is 0 Å². The zero-order valence-corrected chi connectivity index (χ0v) is 10.6. The van der Waals surface area contributed by atoms with Gasteiger partial charge in [0, 0.05) is 24.0 Å². The molecule has 0 saturated carbocycles. The van der Waals surface area contributed by atoms with Crippen molar-refractivity contribution in [2.24, 2.45) is 0 Å². The Balaban J connectivity index is 2.09. The Hall–Kier alpha value is -1.81. The zero-order chi connectivity index (χ0) is 12.8. The van der Waals surface area contributed by atoms with E-state index in [2.05, 4.69) is 15.6 Å². The molecule has 2 N–H and O–H groups in total. The fourth-order valence-electron chi connectivity index (χ4n) is 1.64. The van der Waals surface area contributed by atoms with Gasteiger partial charge in [0.05, 0.1) is 11.2 Å². The molecule has 0 aliphatic carbocycles. The van der Waals surface area contributed by atoms with E-state index < -0.39 is 0 Å². The minimum absolute atomic E-state index is 0.225. The molecule has 0 atom stereocenters. The molecule has 0 unspecified atom stereocenters. The van der Waals surface area contributed by atoms with E-state index in [4.69, 9.17) is 11.6 Å². The van der Waals surface area contributed by atoms with Crippen molar-refractivity contribution in [2.45, 2.75) is 6.42 Å². The summed E-state index contributed by atoms with van der Waals surface area (Å²) in [6.07, 6.45) is 2.43. The Morgan fingerprint density at radius 3 is 2.94 bits per heavy atom. The first kappa shape index (κ1) is 12.6. The van der Waals surface area contributed by atoms with Gasteiger partial charge in [0.1, 0.15) is 0 Å². The predicted octanol–water partition coefficient (Wildman–Crippen LogP) is 2.99. The highest BCUT2D eigenvalue weighted by atomic mass is 35.5. The number of hydrogen-bond donors (Lipinski definition) is 2. The molecular weight excluding hydrogens is 250 g/mol. The summed E-state index contributed by atoms with van der Waals surface area (Å²) in [4.78, 5) is 15.9. The van der Waals surface area contributed by atoms with E-state index in [1.165, 1.54) is 0 Å². The maximum Gasteiger partial charge on any atom is 0.319 e. The molecule has 1 heterocycles. The minimum atomic E-state index is -0.225. The van der Waals surface area contributed by atoms with Crippen molar-refractivity contribution in [1.29, 1.82) is 0 Å². The molecule has 2 rings (SSSR count). The summed E-state index contributed by atoms with van der Waals surface area (Å²) in [6.45, 7) is 0.568. The van der Waals surface area contributed by atoms with E-state index in [9.17, 15) is 4.79 Å². The van der Waals surface area contributed by atoms with Crippen molar-refractivity contribution in [2.75, 3.05) is 17.7 Å². The number of para-hydroxylation sites is 1. The van der Waals surface area contributed by atoms with E-state index in [1.54, 1.807) is 12.3 Å². The molecule has 0 spiro atoms. The number of amides is 2. The summed E-state index contributed by atoms with van der Waals surface area (Å²) >= 11 is 5.54. The molecule has 2 aromatic rings. The molecule has 1 aromatic carbocycles. The molecule has 1 aromatic heterocycles. The van der Waals surface area contributed by atoms with Crippen LogP contribution in [0, 0.1) is 0 Å². The van der Waals surface area contributed by atoms with Crippen LogP contribution in [0.2, 0.25) is 0 Å². The number of alkyl halides is 1. The molecule has 18 heavy (non-hydrogen) atoms. The van der Waals surface area contributed by atoms with E-state index in [-0.39, 0.29) is 6.03 Å². The van der Waals surface area contributed by atoms with E-state index in [0.29, 0.717) is 12.4 Å². The number of pyridine rings is 1. The number of carbonyl (C=O) groups excluding carboxylic acids is 1. The van der Waals surface area contributed by atoms with Gasteiger partial charge in [0.25, 0.3) is 0 Å². The second kappa shape index (κ2) is 6.21. The summed E-state index contributed by atoms with van der Waals surface area (Å²) < 4.78 is 0.